The highest BCUT2D eigenvalue weighted by atomic mass is 16.5. The number of nitrogens with one attached hydrogen (secondary N) is 2. The van der Waals surface area contributed by atoms with E-state index in [1.165, 1.54) is 19.3 Å². The summed E-state index contributed by atoms with van der Waals surface area (Å²) < 4.78 is 8.25. The first-order chi connectivity index (χ1) is 20.5. The number of fused-ring (bicyclic) bond motifs is 1. The van der Waals surface area contributed by atoms with E-state index in [0.29, 0.717) is 30.0 Å². The van der Waals surface area contributed by atoms with Crippen LogP contribution < -0.4 is 15.4 Å². The number of amides is 2. The Bertz CT molecular complexity index is 1360. The predicted molar refractivity (Wildman–Crippen MR) is 163 cm³/mol. The molecule has 3 aromatic rings. The van der Waals surface area contributed by atoms with Crippen molar-refractivity contribution in [2.24, 2.45) is 5.92 Å². The number of piperazine rings is 1. The molecule has 2 aliphatic heterocycles. The number of carbonyl (C=O) groups is 2. The molecule has 1 atom stereocenters. The number of imidazole rings is 1. The Morgan fingerprint density at radius 2 is 1.83 bits per heavy atom. The van der Waals surface area contributed by atoms with Crippen LogP contribution in [0.5, 0.6) is 5.88 Å². The summed E-state index contributed by atoms with van der Waals surface area (Å²) in [6.45, 7) is 8.27. The Morgan fingerprint density at radius 1 is 1.05 bits per heavy atom. The lowest BCUT2D eigenvalue weighted by atomic mass is 9.84. The van der Waals surface area contributed by atoms with Crippen molar-refractivity contribution in [1.82, 2.24) is 29.7 Å². The molecule has 3 aliphatic rings. The summed E-state index contributed by atoms with van der Waals surface area (Å²) in [5, 5.41) is 6.49. The molecule has 1 saturated carbocycles. The fraction of sp³-hybridized carbons (Fsp3) is 0.562. The highest BCUT2D eigenvalue weighted by Gasteiger charge is 2.33. The first-order valence-electron chi connectivity index (χ1n) is 15.7. The average Bonchev–Trinajstić information content (AvgIpc) is 3.38. The Hall–Kier alpha value is -3.50. The monoisotopic (exact) mass is 573 g/mol. The molecule has 1 aliphatic carbocycles. The van der Waals surface area contributed by atoms with E-state index in [1.54, 1.807) is 18.3 Å². The minimum Gasteiger partial charge on any atom is -0.476 e. The molecule has 0 radical (unpaired) electrons. The zero-order chi connectivity index (χ0) is 28.9. The SMILES string of the molecule is CC1CN(C(=O)C2CCC(n3c(NC(=O)c4ccccc4)nc4cnc(OCCN5CCCCC5)cc43)CC2)CCN1. The standard InChI is InChI=1S/C32H43N7O3/c1-23-22-38(17-14-33-23)31(41)25-10-12-26(13-11-25)39-28-20-29(42-19-18-37-15-6-3-7-16-37)34-21-27(28)35-32(39)36-30(40)24-8-4-2-5-9-24/h2,4-5,8-9,20-21,23,25-26,33H,3,6-7,10-19,22H2,1H3,(H,35,36,40). The van der Waals surface area contributed by atoms with Crippen LogP contribution >= 0.6 is 0 Å². The smallest absolute Gasteiger partial charge is 0.257 e. The highest BCUT2D eigenvalue weighted by molar-refractivity contribution is 6.04. The summed E-state index contributed by atoms with van der Waals surface area (Å²) in [7, 11) is 0. The number of aromatic nitrogens is 3. The van der Waals surface area contributed by atoms with Crippen molar-refractivity contribution in [3.63, 3.8) is 0 Å². The molecule has 0 spiro atoms. The molecule has 0 bridgehead atoms. The second-order valence-electron chi connectivity index (χ2n) is 12.0. The number of benzene rings is 1. The summed E-state index contributed by atoms with van der Waals surface area (Å²) >= 11 is 0. The number of hydrogen-bond donors (Lipinski definition) is 2. The van der Waals surface area contributed by atoms with Gasteiger partial charge in [0, 0.05) is 55.8 Å². The van der Waals surface area contributed by atoms with Crippen LogP contribution in [0.1, 0.15) is 68.3 Å². The first-order valence-corrected chi connectivity index (χ1v) is 15.7. The number of hydrogen-bond acceptors (Lipinski definition) is 7. The van der Waals surface area contributed by atoms with Crippen molar-refractivity contribution in [1.29, 1.82) is 0 Å². The van der Waals surface area contributed by atoms with Gasteiger partial charge in [-0.05, 0) is 70.7 Å². The maximum atomic E-state index is 13.3. The van der Waals surface area contributed by atoms with Gasteiger partial charge in [0.2, 0.25) is 17.7 Å². The maximum Gasteiger partial charge on any atom is 0.257 e. The minimum atomic E-state index is -0.199. The molecule has 42 heavy (non-hydrogen) atoms. The van der Waals surface area contributed by atoms with Gasteiger partial charge in [0.25, 0.3) is 5.91 Å². The van der Waals surface area contributed by atoms with Gasteiger partial charge in [-0.1, -0.05) is 24.6 Å². The zero-order valence-electron chi connectivity index (χ0n) is 24.6. The fourth-order valence-corrected chi connectivity index (χ4v) is 6.71. The molecule has 1 unspecified atom stereocenters. The first kappa shape index (κ1) is 28.6. The van der Waals surface area contributed by atoms with Gasteiger partial charge in [0.15, 0.2) is 0 Å². The van der Waals surface area contributed by atoms with Gasteiger partial charge in [-0.2, -0.15) is 0 Å². The number of piperidine rings is 1. The number of anilines is 1. The quantitative estimate of drug-likeness (QED) is 0.418. The van der Waals surface area contributed by atoms with Crippen LogP contribution in [-0.2, 0) is 4.79 Å². The second kappa shape index (κ2) is 13.2. The molecule has 10 nitrogen and oxygen atoms in total. The van der Waals surface area contributed by atoms with E-state index in [4.69, 9.17) is 9.72 Å². The molecule has 2 N–H and O–H groups in total. The molecular weight excluding hydrogens is 530 g/mol. The third-order valence-electron chi connectivity index (χ3n) is 9.01. The third kappa shape index (κ3) is 6.60. The van der Waals surface area contributed by atoms with E-state index in [2.05, 4.69) is 32.0 Å². The van der Waals surface area contributed by atoms with Gasteiger partial charge < -0.3 is 19.5 Å². The third-order valence-corrected chi connectivity index (χ3v) is 9.01. The molecule has 4 heterocycles. The maximum absolute atomic E-state index is 13.3. The number of likely N-dealkylation sites (tertiary alicyclic amines) is 1. The minimum absolute atomic E-state index is 0.0408. The molecule has 2 saturated heterocycles. The van der Waals surface area contributed by atoms with E-state index in [0.717, 1.165) is 76.0 Å². The Morgan fingerprint density at radius 3 is 2.60 bits per heavy atom. The van der Waals surface area contributed by atoms with Crippen LogP contribution in [0.2, 0.25) is 0 Å². The Kier molecular flexibility index (Phi) is 9.00. The van der Waals surface area contributed by atoms with Gasteiger partial charge in [-0.25, -0.2) is 9.97 Å². The van der Waals surface area contributed by atoms with Crippen LogP contribution in [0.3, 0.4) is 0 Å². The molecule has 10 heteroatoms. The molecule has 2 amide bonds. The van der Waals surface area contributed by atoms with Crippen molar-refractivity contribution in [3.05, 3.63) is 48.2 Å². The summed E-state index contributed by atoms with van der Waals surface area (Å²) in [5.41, 5.74) is 2.19. The normalized spacial score (nSPS) is 23.5. The number of pyridine rings is 1. The van der Waals surface area contributed by atoms with Gasteiger partial charge in [0.05, 0.1) is 11.7 Å². The van der Waals surface area contributed by atoms with Crippen molar-refractivity contribution < 1.29 is 14.3 Å². The van der Waals surface area contributed by atoms with Crippen molar-refractivity contribution >= 4 is 28.8 Å². The van der Waals surface area contributed by atoms with E-state index in [1.807, 2.05) is 29.2 Å². The number of nitrogens with zero attached hydrogens (tertiary/aromatic N) is 5. The highest BCUT2D eigenvalue weighted by Crippen LogP contribution is 2.38. The average molecular weight is 574 g/mol. The van der Waals surface area contributed by atoms with Gasteiger partial charge in [0.1, 0.15) is 12.1 Å². The summed E-state index contributed by atoms with van der Waals surface area (Å²) in [6, 6.07) is 11.6. The van der Waals surface area contributed by atoms with Gasteiger partial charge in [-0.3, -0.25) is 19.8 Å². The van der Waals surface area contributed by atoms with Crippen LogP contribution in [0.15, 0.2) is 42.6 Å². The molecular formula is C32H43N7O3. The Balaban J connectivity index is 1.20. The lowest BCUT2D eigenvalue weighted by molar-refractivity contribution is -0.137. The van der Waals surface area contributed by atoms with Crippen molar-refractivity contribution in [3.8, 4) is 5.88 Å². The predicted octanol–water partition coefficient (Wildman–Crippen LogP) is 4.10. The molecule has 1 aromatic carbocycles. The van der Waals surface area contributed by atoms with Crippen molar-refractivity contribution in [2.75, 3.05) is 51.2 Å². The molecule has 6 rings (SSSR count). The van der Waals surface area contributed by atoms with Crippen LogP contribution in [0.4, 0.5) is 5.95 Å². The molecule has 224 valence electrons. The molecule has 2 aromatic heterocycles. The van der Waals surface area contributed by atoms with E-state index in [9.17, 15) is 9.59 Å². The lowest BCUT2D eigenvalue weighted by Crippen LogP contribution is -2.53. The van der Waals surface area contributed by atoms with Crippen molar-refractivity contribution in [2.45, 2.75) is 64.0 Å². The number of carbonyl (C=O) groups excluding carboxylic acids is 2. The largest absolute Gasteiger partial charge is 0.476 e. The van der Waals surface area contributed by atoms with Crippen LogP contribution in [0, 0.1) is 5.92 Å². The van der Waals surface area contributed by atoms with Gasteiger partial charge in [-0.15, -0.1) is 0 Å². The summed E-state index contributed by atoms with van der Waals surface area (Å²) in [5.74, 6) is 1.20. The lowest BCUT2D eigenvalue weighted by Gasteiger charge is -2.37. The number of rotatable bonds is 8. The zero-order valence-corrected chi connectivity index (χ0v) is 24.6. The Labute approximate surface area is 247 Å². The second-order valence-corrected chi connectivity index (χ2v) is 12.0. The fourth-order valence-electron chi connectivity index (χ4n) is 6.71. The number of ether oxygens (including phenoxy) is 1. The van der Waals surface area contributed by atoms with E-state index >= 15 is 0 Å². The van der Waals surface area contributed by atoms with Crippen LogP contribution in [0.25, 0.3) is 11.0 Å². The summed E-state index contributed by atoms with van der Waals surface area (Å²) in [4.78, 5) is 40.3. The van der Waals surface area contributed by atoms with Crippen LogP contribution in [-0.4, -0.2) is 88.1 Å². The molecule has 3 fully saturated rings. The topological polar surface area (TPSA) is 105 Å². The summed E-state index contributed by atoms with van der Waals surface area (Å²) in [6.07, 6.45) is 8.87. The van der Waals surface area contributed by atoms with Gasteiger partial charge >= 0.3 is 0 Å². The van der Waals surface area contributed by atoms with E-state index < -0.39 is 0 Å². The van der Waals surface area contributed by atoms with E-state index in [-0.39, 0.29) is 23.8 Å².